The van der Waals surface area contributed by atoms with E-state index < -0.39 is 21.8 Å². The van der Waals surface area contributed by atoms with E-state index in [1.54, 1.807) is 56.3 Å². The van der Waals surface area contributed by atoms with E-state index in [0.717, 1.165) is 0 Å². The summed E-state index contributed by atoms with van der Waals surface area (Å²) in [5.41, 5.74) is -0.00283. The molecular weight excluding hydrogens is 588 g/mol. The van der Waals surface area contributed by atoms with Gasteiger partial charge in [0.1, 0.15) is 16.5 Å². The van der Waals surface area contributed by atoms with Gasteiger partial charge in [0.15, 0.2) is 0 Å². The molecule has 4 aromatic rings. The first-order valence-corrected chi connectivity index (χ1v) is 13.9. The Kier molecular flexibility index (Phi) is 10.6. The molecule has 0 saturated heterocycles. The molecule has 0 aromatic heterocycles. The van der Waals surface area contributed by atoms with Gasteiger partial charge in [-0.15, -0.1) is 5.11 Å². The Morgan fingerprint density at radius 1 is 1.02 bits per heavy atom. The molecule has 0 saturated carbocycles. The number of carbonyl (C=O) groups is 1. The molecule has 0 aliphatic heterocycles. The van der Waals surface area contributed by atoms with E-state index in [1.165, 1.54) is 18.2 Å². The van der Waals surface area contributed by atoms with Crippen LogP contribution in [0.1, 0.15) is 29.8 Å². The van der Waals surface area contributed by atoms with Crippen LogP contribution in [0.15, 0.2) is 75.8 Å². The van der Waals surface area contributed by atoms with Gasteiger partial charge >= 0.3 is 29.6 Å². The van der Waals surface area contributed by atoms with Crippen LogP contribution in [0.4, 0.5) is 17.1 Å². The molecule has 0 atom stereocenters. The first-order valence-electron chi connectivity index (χ1n) is 11.7. The molecule has 0 heterocycles. The molecule has 0 unspecified atom stereocenters. The van der Waals surface area contributed by atoms with Crippen molar-refractivity contribution in [3.8, 4) is 11.5 Å². The van der Waals surface area contributed by atoms with Crippen LogP contribution in [0.3, 0.4) is 0 Å². The molecule has 0 fully saturated rings. The number of azo groups is 1. The summed E-state index contributed by atoms with van der Waals surface area (Å²) in [4.78, 5) is 12.9. The normalized spacial score (nSPS) is 11.4. The van der Waals surface area contributed by atoms with Crippen molar-refractivity contribution in [2.75, 3.05) is 11.9 Å². The number of nitrogens with one attached hydrogen (secondary N) is 1. The van der Waals surface area contributed by atoms with Gasteiger partial charge in [0.05, 0.1) is 27.9 Å². The summed E-state index contributed by atoms with van der Waals surface area (Å²) in [5.74, 6) is -1.06. The standard InChI is InChI=1S/C27H23Cl2N3O6S.Na/c1-3-16-22(39(35,36)37)13-12-19(28)24(16)31-32-25-17-9-6-5-8-15(17)14-18(26(25)33)27(34)30-20-10-7-11-21(23(20)29)38-4-2;/h5-14,33H,3-4H2,1-2H3,(H,30,34)(H,35,36,37);/q;+1/p-1. The summed E-state index contributed by atoms with van der Waals surface area (Å²) in [7, 11) is -4.56. The van der Waals surface area contributed by atoms with E-state index in [-0.39, 0.29) is 79.1 Å². The van der Waals surface area contributed by atoms with Gasteiger partial charge in [-0.25, -0.2) is 0 Å². The van der Waals surface area contributed by atoms with Gasteiger partial charge in [0, 0.05) is 16.5 Å². The van der Waals surface area contributed by atoms with Crippen molar-refractivity contribution in [3.05, 3.63) is 81.8 Å². The van der Waals surface area contributed by atoms with Crippen LogP contribution in [-0.2, 0) is 16.5 Å². The summed E-state index contributed by atoms with van der Waals surface area (Å²) < 4.78 is 38.8. The zero-order chi connectivity index (χ0) is 28.3. The second-order valence-electron chi connectivity index (χ2n) is 8.23. The van der Waals surface area contributed by atoms with Gasteiger partial charge in [0.2, 0.25) is 0 Å². The number of anilines is 1. The Morgan fingerprint density at radius 2 is 1.73 bits per heavy atom. The number of carbonyl (C=O) groups excluding carboxylic acids is 1. The Morgan fingerprint density at radius 3 is 2.40 bits per heavy atom. The molecule has 2 N–H and O–H groups in total. The summed E-state index contributed by atoms with van der Waals surface area (Å²) >= 11 is 12.6. The van der Waals surface area contributed by atoms with Gasteiger partial charge in [-0.2, -0.15) is 13.5 Å². The number of amides is 1. The predicted octanol–water partition coefficient (Wildman–Crippen LogP) is 4.10. The third-order valence-electron chi connectivity index (χ3n) is 5.80. The number of ether oxygens (including phenoxy) is 1. The molecule has 0 spiro atoms. The van der Waals surface area contributed by atoms with E-state index in [1.807, 2.05) is 0 Å². The van der Waals surface area contributed by atoms with Gasteiger partial charge in [0.25, 0.3) is 16.0 Å². The van der Waals surface area contributed by atoms with Gasteiger partial charge in [-0.3, -0.25) is 9.35 Å². The quantitative estimate of drug-likeness (QED) is 0.175. The fourth-order valence-electron chi connectivity index (χ4n) is 4.02. The molecule has 40 heavy (non-hydrogen) atoms. The molecule has 0 bridgehead atoms. The average molecular weight is 610 g/mol. The number of benzene rings is 4. The maximum absolute atomic E-state index is 13.5. The molecular formula is C27H22Cl2N3NaO6S. The summed E-state index contributed by atoms with van der Waals surface area (Å²) in [5, 5.41) is 25.6. The Hall–Kier alpha value is -2.70. The van der Waals surface area contributed by atoms with Crippen LogP contribution in [0.2, 0.25) is 10.0 Å². The van der Waals surface area contributed by atoms with Crippen molar-refractivity contribution in [2.45, 2.75) is 25.2 Å². The average Bonchev–Trinajstić information content (AvgIpc) is 2.90. The fraction of sp³-hybridized carbons (Fsp3) is 0.148. The number of hydrogen-bond donors (Lipinski definition) is 2. The van der Waals surface area contributed by atoms with Crippen LogP contribution < -0.4 is 44.7 Å². The molecule has 9 nitrogen and oxygen atoms in total. The van der Waals surface area contributed by atoms with Crippen molar-refractivity contribution >= 4 is 67.1 Å². The number of rotatable bonds is 8. The molecule has 1 amide bonds. The third-order valence-corrected chi connectivity index (χ3v) is 7.44. The van der Waals surface area contributed by atoms with E-state index >= 15 is 0 Å². The Balaban J connectivity index is 0.00000441. The SMILES string of the molecule is CCOc1cccc(NC(=O)c2cc3ccccc3c(N=Nc3c(Cl)ccc(S(=O)(=O)O)c3CC)c2[O-])c1Cl.[Na+]. The molecule has 13 heteroatoms. The van der Waals surface area contributed by atoms with Crippen LogP contribution in [0.25, 0.3) is 10.8 Å². The summed E-state index contributed by atoms with van der Waals surface area (Å²) in [6.45, 7) is 3.83. The number of fused-ring (bicyclic) bond motifs is 1. The molecule has 202 valence electrons. The van der Waals surface area contributed by atoms with Crippen LogP contribution in [0.5, 0.6) is 11.5 Å². The zero-order valence-corrected chi connectivity index (χ0v) is 26.1. The Labute approximate surface area is 263 Å². The smallest absolute Gasteiger partial charge is 0.870 e. The summed E-state index contributed by atoms with van der Waals surface area (Å²) in [6, 6.07) is 15.5. The number of nitrogens with zero attached hydrogens (tertiary/aromatic N) is 2. The number of halogens is 2. The van der Waals surface area contributed by atoms with Gasteiger partial charge < -0.3 is 15.2 Å². The van der Waals surface area contributed by atoms with E-state index in [9.17, 15) is 22.9 Å². The molecule has 0 radical (unpaired) electrons. The Bertz CT molecular complexity index is 1730. The fourth-order valence-corrected chi connectivity index (χ4v) is 5.26. The molecule has 4 aromatic carbocycles. The minimum absolute atomic E-state index is 0. The maximum Gasteiger partial charge on any atom is 1.00 e. The van der Waals surface area contributed by atoms with Gasteiger partial charge in [-0.05, 0) is 49.1 Å². The largest absolute Gasteiger partial charge is 1.00 e. The molecule has 0 aliphatic rings. The monoisotopic (exact) mass is 609 g/mol. The molecule has 4 rings (SSSR count). The summed E-state index contributed by atoms with van der Waals surface area (Å²) in [6.07, 6.45) is 0.152. The van der Waals surface area contributed by atoms with Crippen molar-refractivity contribution in [1.82, 2.24) is 0 Å². The minimum atomic E-state index is -4.56. The van der Waals surface area contributed by atoms with Crippen LogP contribution >= 0.6 is 23.2 Å². The van der Waals surface area contributed by atoms with Crippen LogP contribution in [-0.4, -0.2) is 25.5 Å². The number of hydrogen-bond acceptors (Lipinski definition) is 7. The first kappa shape index (κ1) is 31.8. The predicted molar refractivity (Wildman–Crippen MR) is 149 cm³/mol. The second-order valence-corrected chi connectivity index (χ2v) is 10.4. The van der Waals surface area contributed by atoms with Crippen molar-refractivity contribution in [3.63, 3.8) is 0 Å². The zero-order valence-electron chi connectivity index (χ0n) is 21.7. The van der Waals surface area contributed by atoms with E-state index in [2.05, 4.69) is 15.5 Å². The topological polar surface area (TPSA) is 140 Å². The van der Waals surface area contributed by atoms with Crippen molar-refractivity contribution < 1.29 is 57.2 Å². The third kappa shape index (κ3) is 6.60. The first-order chi connectivity index (χ1) is 18.6. The van der Waals surface area contributed by atoms with Crippen molar-refractivity contribution in [1.29, 1.82) is 0 Å². The second kappa shape index (κ2) is 13.3. The van der Waals surface area contributed by atoms with Crippen molar-refractivity contribution in [2.24, 2.45) is 10.2 Å². The van der Waals surface area contributed by atoms with E-state index in [4.69, 9.17) is 27.9 Å². The van der Waals surface area contributed by atoms with Gasteiger partial charge in [-0.1, -0.05) is 66.2 Å². The maximum atomic E-state index is 13.5. The van der Waals surface area contributed by atoms with Crippen LogP contribution in [0, 0.1) is 0 Å². The van der Waals surface area contributed by atoms with E-state index in [0.29, 0.717) is 23.1 Å². The minimum Gasteiger partial charge on any atom is -0.870 e. The molecule has 0 aliphatic carbocycles.